The summed E-state index contributed by atoms with van der Waals surface area (Å²) in [7, 11) is 0. The average molecular weight is 549 g/mol. The minimum Gasteiger partial charge on any atom is -0.872 e. The molecular formula is C34H37AlN2O3. The van der Waals surface area contributed by atoms with E-state index in [2.05, 4.69) is 29.9 Å². The van der Waals surface area contributed by atoms with Gasteiger partial charge >= 0.3 is 17.4 Å². The molecule has 0 saturated carbocycles. The fourth-order valence-corrected chi connectivity index (χ4v) is 4.21. The average Bonchev–Trinajstić information content (AvgIpc) is 2.92. The quantitative estimate of drug-likeness (QED) is 0.232. The number of pyridine rings is 2. The van der Waals surface area contributed by atoms with Crippen LogP contribution < -0.4 is 15.3 Å². The fourth-order valence-electron chi connectivity index (χ4n) is 4.21. The second-order valence-electron chi connectivity index (χ2n) is 9.75. The predicted molar refractivity (Wildman–Crippen MR) is 161 cm³/mol. The van der Waals surface area contributed by atoms with Crippen LogP contribution >= 0.6 is 0 Å². The van der Waals surface area contributed by atoms with Crippen molar-refractivity contribution in [3.8, 4) is 17.2 Å². The molecule has 0 aliphatic carbocycles. The standard InChI is InChI=1S/C14H22O.2C10H9NO.Al/c1-3-5-7-12-9-13(8-6-4-2)11-14(15)10-12;2*1-7-5-6-8-3-2-4-9(12)10(8)11-7;/h9-11,15H,3-8H2,1-2H3;2*2-6,12H,1H3;/q;;;+3/p-3. The van der Waals surface area contributed by atoms with Crippen LogP contribution in [0.1, 0.15) is 62.0 Å². The second kappa shape index (κ2) is 16.5. The topological polar surface area (TPSA) is 95.0 Å². The van der Waals surface area contributed by atoms with E-state index < -0.39 is 0 Å². The van der Waals surface area contributed by atoms with E-state index >= 15 is 0 Å². The molecule has 204 valence electrons. The number of para-hydroxylation sites is 2. The molecule has 5 nitrogen and oxygen atoms in total. The molecule has 0 fully saturated rings. The molecule has 0 amide bonds. The Labute approximate surface area is 248 Å². The molecule has 0 N–H and O–H groups in total. The summed E-state index contributed by atoms with van der Waals surface area (Å²) in [5, 5.41) is 35.8. The molecule has 0 unspecified atom stereocenters. The number of benzene rings is 3. The Morgan fingerprint density at radius 1 is 0.575 bits per heavy atom. The Hall–Kier alpha value is -3.59. The Morgan fingerprint density at radius 2 is 1.00 bits per heavy atom. The molecule has 6 heteroatoms. The van der Waals surface area contributed by atoms with Crippen LogP contribution in [0.2, 0.25) is 0 Å². The summed E-state index contributed by atoms with van der Waals surface area (Å²) in [6, 6.07) is 23.8. The van der Waals surface area contributed by atoms with Gasteiger partial charge in [0.15, 0.2) is 0 Å². The maximum atomic E-state index is 11.4. The van der Waals surface area contributed by atoms with Gasteiger partial charge in [-0.05, 0) is 73.6 Å². The third-order valence-corrected chi connectivity index (χ3v) is 6.31. The molecule has 2 aromatic heterocycles. The zero-order valence-electron chi connectivity index (χ0n) is 23.9. The van der Waals surface area contributed by atoms with Crippen LogP contribution in [0.3, 0.4) is 0 Å². The number of fused-ring (bicyclic) bond motifs is 2. The second-order valence-corrected chi connectivity index (χ2v) is 9.75. The third kappa shape index (κ3) is 9.86. The van der Waals surface area contributed by atoms with Crippen molar-refractivity contribution in [2.24, 2.45) is 0 Å². The molecule has 5 rings (SSSR count). The van der Waals surface area contributed by atoms with Gasteiger partial charge in [-0.3, -0.25) is 9.97 Å². The Balaban J connectivity index is 0.000000209. The van der Waals surface area contributed by atoms with Crippen molar-refractivity contribution in [3.05, 3.63) is 101 Å². The van der Waals surface area contributed by atoms with Crippen molar-refractivity contribution in [2.75, 3.05) is 0 Å². The third-order valence-electron chi connectivity index (χ3n) is 6.31. The van der Waals surface area contributed by atoms with E-state index in [1.807, 2.05) is 50.2 Å². The first kappa shape index (κ1) is 32.6. The summed E-state index contributed by atoms with van der Waals surface area (Å²) in [5.41, 5.74) is 5.33. The van der Waals surface area contributed by atoms with Crippen LogP contribution in [0.4, 0.5) is 0 Å². The van der Waals surface area contributed by atoms with Gasteiger partial charge in [0.25, 0.3) is 0 Å². The van der Waals surface area contributed by atoms with Crippen LogP contribution in [0.25, 0.3) is 21.8 Å². The molecule has 0 saturated heterocycles. The largest absolute Gasteiger partial charge is 3.00 e. The minimum atomic E-state index is -0.00352. The molecule has 0 spiro atoms. The summed E-state index contributed by atoms with van der Waals surface area (Å²) >= 11 is 0. The van der Waals surface area contributed by atoms with E-state index in [4.69, 9.17) is 0 Å². The normalized spacial score (nSPS) is 10.2. The van der Waals surface area contributed by atoms with Crippen LogP contribution in [-0.2, 0) is 12.8 Å². The monoisotopic (exact) mass is 548 g/mol. The molecule has 0 atom stereocenters. The van der Waals surface area contributed by atoms with Crippen LogP contribution in [0.15, 0.2) is 78.9 Å². The first-order valence-corrected chi connectivity index (χ1v) is 13.7. The van der Waals surface area contributed by atoms with Crippen LogP contribution in [-0.4, -0.2) is 27.3 Å². The molecule has 2 heterocycles. The van der Waals surface area contributed by atoms with Crippen molar-refractivity contribution < 1.29 is 15.3 Å². The Kier molecular flexibility index (Phi) is 13.5. The predicted octanol–water partition coefficient (Wildman–Crippen LogP) is 6.30. The van der Waals surface area contributed by atoms with Gasteiger partial charge in [0.2, 0.25) is 0 Å². The molecular weight excluding hydrogens is 511 g/mol. The summed E-state index contributed by atoms with van der Waals surface area (Å²) in [4.78, 5) is 8.33. The molecule has 0 radical (unpaired) electrons. The number of aryl methyl sites for hydroxylation is 4. The van der Waals surface area contributed by atoms with E-state index in [0.29, 0.717) is 11.0 Å². The van der Waals surface area contributed by atoms with Gasteiger partial charge in [0, 0.05) is 11.4 Å². The van der Waals surface area contributed by atoms with Crippen LogP contribution in [0.5, 0.6) is 17.2 Å². The minimum absolute atomic E-state index is 0. The maximum Gasteiger partial charge on any atom is 3.00 e. The summed E-state index contributed by atoms with van der Waals surface area (Å²) < 4.78 is 0. The first-order valence-electron chi connectivity index (χ1n) is 13.7. The van der Waals surface area contributed by atoms with E-state index in [1.165, 1.54) is 48.9 Å². The summed E-state index contributed by atoms with van der Waals surface area (Å²) in [5.74, 6) is 0.169. The van der Waals surface area contributed by atoms with Crippen molar-refractivity contribution in [1.82, 2.24) is 9.97 Å². The molecule has 0 aliphatic rings. The number of nitrogens with zero attached hydrogens (tertiary/aromatic N) is 2. The van der Waals surface area contributed by atoms with E-state index in [-0.39, 0.29) is 34.6 Å². The smallest absolute Gasteiger partial charge is 0.872 e. The van der Waals surface area contributed by atoms with Crippen molar-refractivity contribution >= 4 is 39.2 Å². The van der Waals surface area contributed by atoms with Gasteiger partial charge < -0.3 is 15.3 Å². The molecule has 40 heavy (non-hydrogen) atoms. The summed E-state index contributed by atoms with van der Waals surface area (Å²) in [6.07, 6.45) is 6.82. The molecule has 3 aromatic carbocycles. The number of hydrogen-bond donors (Lipinski definition) is 0. The first-order chi connectivity index (χ1) is 18.8. The van der Waals surface area contributed by atoms with Crippen LogP contribution in [0, 0.1) is 13.8 Å². The van der Waals surface area contributed by atoms with Gasteiger partial charge in [-0.15, -0.1) is 5.75 Å². The van der Waals surface area contributed by atoms with Crippen molar-refractivity contribution in [1.29, 1.82) is 0 Å². The number of aromatic nitrogens is 2. The molecule has 0 bridgehead atoms. The van der Waals surface area contributed by atoms with Crippen molar-refractivity contribution in [3.63, 3.8) is 0 Å². The van der Waals surface area contributed by atoms with E-state index in [1.54, 1.807) is 24.3 Å². The summed E-state index contributed by atoms with van der Waals surface area (Å²) in [6.45, 7) is 8.12. The fraction of sp³-hybridized carbons (Fsp3) is 0.294. The number of rotatable bonds is 6. The van der Waals surface area contributed by atoms with E-state index in [9.17, 15) is 15.3 Å². The maximum absolute atomic E-state index is 11.4. The molecule has 5 aromatic rings. The number of unbranched alkanes of at least 4 members (excludes halogenated alkanes) is 2. The van der Waals surface area contributed by atoms with Gasteiger partial charge in [-0.25, -0.2) is 0 Å². The number of hydrogen-bond acceptors (Lipinski definition) is 5. The Bertz CT molecular complexity index is 1390. The van der Waals surface area contributed by atoms with Crippen molar-refractivity contribution in [2.45, 2.75) is 66.2 Å². The SMILES string of the molecule is CCCCc1cc([O-])cc(CCCC)c1.Cc1ccc2cccc([O-])c2n1.Cc1ccc2cccc([O-])c2n1.[Al+3]. The van der Waals surface area contributed by atoms with Gasteiger partial charge in [-0.2, -0.15) is 0 Å². The van der Waals surface area contributed by atoms with Gasteiger partial charge in [0.05, 0.1) is 11.0 Å². The Morgan fingerprint density at radius 3 is 1.40 bits per heavy atom. The van der Waals surface area contributed by atoms with E-state index in [0.717, 1.165) is 35.0 Å². The zero-order chi connectivity index (χ0) is 28.2. The zero-order valence-corrected chi connectivity index (χ0v) is 25.1. The molecule has 0 aliphatic heterocycles. The van der Waals surface area contributed by atoms with Gasteiger partial charge in [0.1, 0.15) is 0 Å². The van der Waals surface area contributed by atoms with Gasteiger partial charge in [-0.1, -0.05) is 105 Å².